The Kier molecular flexibility index (Phi) is 5.01. The summed E-state index contributed by atoms with van der Waals surface area (Å²) >= 11 is 4.26. The number of nitrogens with one attached hydrogen (secondary N) is 1. The van der Waals surface area contributed by atoms with E-state index in [1.165, 1.54) is 6.34 Å². The van der Waals surface area contributed by atoms with Crippen LogP contribution in [0.1, 0.15) is 0 Å². The molecule has 1 aromatic rings. The lowest BCUT2D eigenvalue weighted by molar-refractivity contribution is 1.04. The number of para-hydroxylation sites is 1. The van der Waals surface area contributed by atoms with Crippen LogP contribution in [-0.2, 0) is 0 Å². The summed E-state index contributed by atoms with van der Waals surface area (Å²) in [5.74, 6) is 0. The van der Waals surface area contributed by atoms with Crippen LogP contribution in [0.5, 0.6) is 0 Å². The fourth-order valence-electron chi connectivity index (χ4n) is 1.11. The van der Waals surface area contributed by atoms with E-state index >= 15 is 0 Å². The van der Waals surface area contributed by atoms with Crippen molar-refractivity contribution in [3.8, 4) is 0 Å². The SMILES string of the molecule is C=C(N)C(=NNC=Nc1ccccc1S)C(=C)N. The van der Waals surface area contributed by atoms with Crippen LogP contribution in [-0.4, -0.2) is 12.1 Å². The summed E-state index contributed by atoms with van der Waals surface area (Å²) in [6, 6.07) is 7.41. The number of hydrogen-bond donors (Lipinski definition) is 4. The van der Waals surface area contributed by atoms with E-state index in [0.717, 1.165) is 10.6 Å². The minimum atomic E-state index is 0.234. The molecule has 0 atom stereocenters. The van der Waals surface area contributed by atoms with E-state index in [2.05, 4.69) is 41.3 Å². The summed E-state index contributed by atoms with van der Waals surface area (Å²) in [4.78, 5) is 4.91. The first-order chi connectivity index (χ1) is 8.52. The molecule has 5 N–H and O–H groups in total. The highest BCUT2D eigenvalue weighted by molar-refractivity contribution is 7.80. The normalized spacial score (nSPS) is 10.1. The highest BCUT2D eigenvalue weighted by Gasteiger charge is 2.01. The molecule has 0 aromatic heterocycles. The van der Waals surface area contributed by atoms with Crippen molar-refractivity contribution in [3.63, 3.8) is 0 Å². The number of rotatable bonds is 5. The van der Waals surface area contributed by atoms with Crippen molar-refractivity contribution in [2.24, 2.45) is 21.6 Å². The van der Waals surface area contributed by atoms with Crippen molar-refractivity contribution in [2.45, 2.75) is 4.90 Å². The second kappa shape index (κ2) is 6.51. The molecule has 0 unspecified atom stereocenters. The van der Waals surface area contributed by atoms with Gasteiger partial charge in [-0.05, 0) is 12.1 Å². The van der Waals surface area contributed by atoms with Crippen LogP contribution in [0.15, 0.2) is 63.8 Å². The van der Waals surface area contributed by atoms with Crippen molar-refractivity contribution in [1.29, 1.82) is 0 Å². The van der Waals surface area contributed by atoms with E-state index < -0.39 is 0 Å². The standard InChI is InChI=1S/C12H15N5S/c1-8(13)12(9(2)14)17-16-7-15-10-5-3-4-6-11(10)18/h3-7,18H,1-2,13-14H2,(H,15,16). The zero-order chi connectivity index (χ0) is 13.5. The van der Waals surface area contributed by atoms with Crippen molar-refractivity contribution in [1.82, 2.24) is 5.43 Å². The fourth-order valence-corrected chi connectivity index (χ4v) is 1.33. The predicted octanol–water partition coefficient (Wildman–Crippen LogP) is 1.53. The van der Waals surface area contributed by atoms with E-state index in [1.54, 1.807) is 0 Å². The monoisotopic (exact) mass is 261 g/mol. The molecule has 1 aromatic carbocycles. The van der Waals surface area contributed by atoms with Crippen LogP contribution in [0.3, 0.4) is 0 Å². The molecule has 1 rings (SSSR count). The van der Waals surface area contributed by atoms with Gasteiger partial charge in [0.15, 0.2) is 0 Å². The molecule has 0 aliphatic heterocycles. The molecule has 0 amide bonds. The minimum Gasteiger partial charge on any atom is -0.397 e. The summed E-state index contributed by atoms with van der Waals surface area (Å²) in [5, 5.41) is 3.91. The van der Waals surface area contributed by atoms with Gasteiger partial charge >= 0.3 is 0 Å². The summed E-state index contributed by atoms with van der Waals surface area (Å²) in [7, 11) is 0. The second-order valence-corrected chi connectivity index (χ2v) is 3.87. The molecule has 0 bridgehead atoms. The molecule has 18 heavy (non-hydrogen) atoms. The largest absolute Gasteiger partial charge is 0.397 e. The Bertz CT molecular complexity index is 503. The Balaban J connectivity index is 2.71. The Morgan fingerprint density at radius 3 is 2.39 bits per heavy atom. The van der Waals surface area contributed by atoms with Gasteiger partial charge in [-0.15, -0.1) is 12.6 Å². The van der Waals surface area contributed by atoms with Crippen LogP contribution in [0.4, 0.5) is 5.69 Å². The summed E-state index contributed by atoms with van der Waals surface area (Å²) in [5.41, 5.74) is 15.1. The zero-order valence-corrected chi connectivity index (χ0v) is 10.7. The van der Waals surface area contributed by atoms with Crippen molar-refractivity contribution >= 4 is 30.4 Å². The molecule has 5 nitrogen and oxygen atoms in total. The number of hydrogen-bond acceptors (Lipinski definition) is 5. The maximum absolute atomic E-state index is 5.49. The number of nitrogens with two attached hydrogens (primary N) is 2. The maximum atomic E-state index is 5.49. The van der Waals surface area contributed by atoms with Crippen molar-refractivity contribution in [3.05, 3.63) is 48.8 Å². The molecule has 6 heteroatoms. The average Bonchev–Trinajstić information content (AvgIpc) is 2.30. The molecule has 0 aliphatic rings. The van der Waals surface area contributed by atoms with Gasteiger partial charge in [-0.2, -0.15) is 5.10 Å². The molecule has 0 spiro atoms. The van der Waals surface area contributed by atoms with Gasteiger partial charge in [0.25, 0.3) is 0 Å². The van der Waals surface area contributed by atoms with Crippen molar-refractivity contribution < 1.29 is 0 Å². The van der Waals surface area contributed by atoms with Gasteiger partial charge in [-0.3, -0.25) is 5.43 Å². The van der Waals surface area contributed by atoms with Gasteiger partial charge in [0, 0.05) is 4.90 Å². The van der Waals surface area contributed by atoms with Crippen LogP contribution in [0, 0.1) is 0 Å². The fraction of sp³-hybridized carbons (Fsp3) is 0. The Hall–Kier alpha value is -2.21. The van der Waals surface area contributed by atoms with Gasteiger partial charge in [0.2, 0.25) is 0 Å². The van der Waals surface area contributed by atoms with Crippen LogP contribution < -0.4 is 16.9 Å². The minimum absolute atomic E-state index is 0.234. The highest BCUT2D eigenvalue weighted by atomic mass is 32.1. The smallest absolute Gasteiger partial charge is 0.128 e. The van der Waals surface area contributed by atoms with E-state index in [1.807, 2.05) is 24.3 Å². The van der Waals surface area contributed by atoms with Gasteiger partial charge in [-0.1, -0.05) is 25.3 Å². The van der Waals surface area contributed by atoms with E-state index in [9.17, 15) is 0 Å². The Morgan fingerprint density at radius 1 is 1.22 bits per heavy atom. The Labute approximate surface area is 111 Å². The summed E-state index contributed by atoms with van der Waals surface area (Å²) in [6.07, 6.45) is 1.40. The summed E-state index contributed by atoms with van der Waals surface area (Å²) < 4.78 is 0. The first-order valence-electron chi connectivity index (χ1n) is 5.05. The van der Waals surface area contributed by atoms with E-state index in [4.69, 9.17) is 11.5 Å². The Morgan fingerprint density at radius 2 is 1.83 bits per heavy atom. The molecular formula is C12H15N5S. The number of benzene rings is 1. The molecule has 0 saturated heterocycles. The topological polar surface area (TPSA) is 88.8 Å². The van der Waals surface area contributed by atoms with Gasteiger partial charge < -0.3 is 11.5 Å². The number of aliphatic imine (C=N–C) groups is 1. The summed E-state index contributed by atoms with van der Waals surface area (Å²) in [6.45, 7) is 7.07. The average molecular weight is 261 g/mol. The maximum Gasteiger partial charge on any atom is 0.128 e. The first-order valence-corrected chi connectivity index (χ1v) is 5.50. The first kappa shape index (κ1) is 13.9. The zero-order valence-electron chi connectivity index (χ0n) is 9.80. The van der Waals surface area contributed by atoms with Crippen molar-refractivity contribution in [2.75, 3.05) is 0 Å². The molecule has 0 radical (unpaired) electrons. The quantitative estimate of drug-likeness (QED) is 0.280. The molecular weight excluding hydrogens is 246 g/mol. The lowest BCUT2D eigenvalue weighted by Gasteiger charge is -2.03. The number of thiol groups is 1. The molecule has 0 fully saturated rings. The molecule has 0 aliphatic carbocycles. The number of nitrogens with zero attached hydrogens (tertiary/aromatic N) is 2. The lowest BCUT2D eigenvalue weighted by atomic mass is 10.2. The molecule has 94 valence electrons. The third-order valence-corrected chi connectivity index (χ3v) is 2.31. The molecule has 0 heterocycles. The lowest BCUT2D eigenvalue weighted by Crippen LogP contribution is -2.20. The van der Waals surface area contributed by atoms with Gasteiger partial charge in [0.1, 0.15) is 12.1 Å². The number of hydrazone groups is 1. The third-order valence-electron chi connectivity index (χ3n) is 1.93. The van der Waals surface area contributed by atoms with E-state index in [-0.39, 0.29) is 11.4 Å². The van der Waals surface area contributed by atoms with Crippen LogP contribution >= 0.6 is 12.6 Å². The highest BCUT2D eigenvalue weighted by Crippen LogP contribution is 2.20. The van der Waals surface area contributed by atoms with E-state index in [0.29, 0.717) is 5.71 Å². The van der Waals surface area contributed by atoms with Gasteiger partial charge in [0.05, 0.1) is 17.1 Å². The van der Waals surface area contributed by atoms with Crippen LogP contribution in [0.25, 0.3) is 0 Å². The second-order valence-electron chi connectivity index (χ2n) is 3.39. The predicted molar refractivity (Wildman–Crippen MR) is 79.1 cm³/mol. The molecule has 0 saturated carbocycles. The third kappa shape index (κ3) is 3.99. The van der Waals surface area contributed by atoms with Gasteiger partial charge in [-0.25, -0.2) is 4.99 Å². The van der Waals surface area contributed by atoms with Crippen LogP contribution in [0.2, 0.25) is 0 Å².